The lowest BCUT2D eigenvalue weighted by molar-refractivity contribution is -0.142. The van der Waals surface area contributed by atoms with E-state index in [9.17, 15) is 9.59 Å². The fourth-order valence-corrected chi connectivity index (χ4v) is 2.70. The highest BCUT2D eigenvalue weighted by atomic mass is 16.4. The molecule has 0 radical (unpaired) electrons. The number of carbonyl (C=O) groups is 2. The van der Waals surface area contributed by atoms with Crippen LogP contribution in [0.4, 0.5) is 0 Å². The summed E-state index contributed by atoms with van der Waals surface area (Å²) in [6.45, 7) is 3.90. The van der Waals surface area contributed by atoms with Gasteiger partial charge in [0, 0.05) is 12.6 Å². The number of aliphatic carboxylic acids is 1. The van der Waals surface area contributed by atoms with Crippen molar-refractivity contribution in [3.05, 3.63) is 0 Å². The average Bonchev–Trinajstić information content (AvgIpc) is 3.09. The van der Waals surface area contributed by atoms with E-state index in [0.29, 0.717) is 6.54 Å². The van der Waals surface area contributed by atoms with Crippen molar-refractivity contribution in [3.8, 4) is 0 Å². The van der Waals surface area contributed by atoms with Crippen molar-refractivity contribution in [2.24, 2.45) is 17.3 Å². The van der Waals surface area contributed by atoms with Crippen molar-refractivity contribution in [2.75, 3.05) is 13.2 Å². The minimum absolute atomic E-state index is 0.0624. The van der Waals surface area contributed by atoms with E-state index in [1.807, 2.05) is 13.8 Å². The molecule has 17 heavy (non-hydrogen) atoms. The minimum atomic E-state index is -0.895. The molecule has 2 aliphatic carbocycles. The summed E-state index contributed by atoms with van der Waals surface area (Å²) in [5.41, 5.74) is -0.453. The Kier molecular flexibility index (Phi) is 2.89. The molecule has 0 aromatic carbocycles. The third kappa shape index (κ3) is 2.04. The Morgan fingerprint density at radius 2 is 1.88 bits per heavy atom. The molecule has 0 spiro atoms. The van der Waals surface area contributed by atoms with E-state index >= 15 is 0 Å². The molecule has 0 heterocycles. The summed E-state index contributed by atoms with van der Waals surface area (Å²) < 4.78 is 0. The lowest BCUT2D eigenvalue weighted by Gasteiger charge is -2.22. The van der Waals surface area contributed by atoms with Crippen LogP contribution in [0, 0.1) is 17.3 Å². The van der Waals surface area contributed by atoms with Crippen LogP contribution in [0.2, 0.25) is 0 Å². The van der Waals surface area contributed by atoms with E-state index in [2.05, 4.69) is 0 Å². The van der Waals surface area contributed by atoms with Gasteiger partial charge in [-0.25, -0.2) is 0 Å². The molecule has 5 heteroatoms. The maximum absolute atomic E-state index is 12.3. The fraction of sp³-hybridized carbons (Fsp3) is 0.833. The van der Waals surface area contributed by atoms with Crippen LogP contribution in [-0.2, 0) is 9.59 Å². The van der Waals surface area contributed by atoms with Gasteiger partial charge < -0.3 is 15.1 Å². The molecule has 0 saturated heterocycles. The van der Waals surface area contributed by atoms with Gasteiger partial charge in [-0.15, -0.1) is 0 Å². The molecule has 2 N–H and O–H groups in total. The zero-order valence-corrected chi connectivity index (χ0v) is 10.2. The second-order valence-corrected chi connectivity index (χ2v) is 5.60. The molecule has 5 nitrogen and oxygen atoms in total. The van der Waals surface area contributed by atoms with Crippen molar-refractivity contribution in [1.82, 2.24) is 4.90 Å². The molecular formula is C12H19NO4. The maximum atomic E-state index is 12.3. The molecule has 0 aromatic rings. The van der Waals surface area contributed by atoms with Gasteiger partial charge in [0.1, 0.15) is 0 Å². The van der Waals surface area contributed by atoms with Gasteiger partial charge >= 0.3 is 5.97 Å². The molecule has 0 bridgehead atoms. The van der Waals surface area contributed by atoms with Crippen molar-refractivity contribution in [3.63, 3.8) is 0 Å². The van der Waals surface area contributed by atoms with Crippen LogP contribution in [0.1, 0.15) is 26.7 Å². The van der Waals surface area contributed by atoms with E-state index < -0.39 is 23.2 Å². The smallest absolute Gasteiger partial charge is 0.307 e. The van der Waals surface area contributed by atoms with Gasteiger partial charge in [0.15, 0.2) is 0 Å². The molecule has 0 aliphatic heterocycles. The van der Waals surface area contributed by atoms with Gasteiger partial charge in [-0.05, 0) is 18.3 Å². The van der Waals surface area contributed by atoms with Crippen molar-refractivity contribution in [1.29, 1.82) is 0 Å². The van der Waals surface area contributed by atoms with Gasteiger partial charge in [-0.2, -0.15) is 0 Å². The average molecular weight is 241 g/mol. The Labute approximate surface area is 100 Å². The first kappa shape index (κ1) is 12.4. The first-order chi connectivity index (χ1) is 7.91. The summed E-state index contributed by atoms with van der Waals surface area (Å²) in [5.74, 6) is -1.99. The van der Waals surface area contributed by atoms with Crippen molar-refractivity contribution >= 4 is 11.9 Å². The molecule has 2 fully saturated rings. The topological polar surface area (TPSA) is 77.8 Å². The summed E-state index contributed by atoms with van der Waals surface area (Å²) in [7, 11) is 0. The maximum Gasteiger partial charge on any atom is 0.307 e. The van der Waals surface area contributed by atoms with Gasteiger partial charge in [0.25, 0.3) is 0 Å². The fourth-order valence-electron chi connectivity index (χ4n) is 2.70. The molecule has 2 aliphatic rings. The number of rotatable bonds is 5. The number of hydrogen-bond acceptors (Lipinski definition) is 3. The number of carboxylic acid groups (broad SMARTS) is 1. The molecule has 2 saturated carbocycles. The molecule has 0 aromatic heterocycles. The SMILES string of the molecule is CC1(C)C(C(=O)O)C1C(=O)N(CCO)C1CC1. The van der Waals surface area contributed by atoms with Crippen LogP contribution < -0.4 is 0 Å². The van der Waals surface area contributed by atoms with Crippen molar-refractivity contribution in [2.45, 2.75) is 32.7 Å². The largest absolute Gasteiger partial charge is 0.481 e. The van der Waals surface area contributed by atoms with Crippen molar-refractivity contribution < 1.29 is 19.8 Å². The highest BCUT2D eigenvalue weighted by molar-refractivity contribution is 5.92. The van der Waals surface area contributed by atoms with Gasteiger partial charge in [0.2, 0.25) is 5.91 Å². The summed E-state index contributed by atoms with van der Waals surface area (Å²) in [4.78, 5) is 25.0. The van der Waals surface area contributed by atoms with Gasteiger partial charge in [0.05, 0.1) is 18.4 Å². The minimum Gasteiger partial charge on any atom is -0.481 e. The molecular weight excluding hydrogens is 222 g/mol. The highest BCUT2D eigenvalue weighted by Gasteiger charge is 2.67. The summed E-state index contributed by atoms with van der Waals surface area (Å²) in [6, 6.07) is 0.223. The van der Waals surface area contributed by atoms with Crippen LogP contribution >= 0.6 is 0 Å². The third-order valence-corrected chi connectivity index (χ3v) is 3.97. The Hall–Kier alpha value is -1.10. The van der Waals surface area contributed by atoms with Gasteiger partial charge in [-0.1, -0.05) is 13.8 Å². The van der Waals surface area contributed by atoms with E-state index in [1.54, 1.807) is 4.90 Å². The quantitative estimate of drug-likeness (QED) is 0.727. The van der Waals surface area contributed by atoms with Crippen LogP contribution in [-0.4, -0.2) is 46.2 Å². The number of aliphatic hydroxyl groups excluding tert-OH is 1. The Bertz CT molecular complexity index is 348. The Balaban J connectivity index is 2.07. The second kappa shape index (κ2) is 3.98. The molecule has 1 amide bonds. The summed E-state index contributed by atoms with van der Waals surface area (Å²) in [6.07, 6.45) is 1.94. The van der Waals surface area contributed by atoms with Gasteiger partial charge in [-0.3, -0.25) is 9.59 Å². The predicted molar refractivity (Wildman–Crippen MR) is 60.2 cm³/mol. The summed E-state index contributed by atoms with van der Waals surface area (Å²) >= 11 is 0. The zero-order valence-electron chi connectivity index (χ0n) is 10.2. The Morgan fingerprint density at radius 1 is 1.29 bits per heavy atom. The number of aliphatic hydroxyl groups is 1. The van der Waals surface area contributed by atoms with Crippen LogP contribution in [0.15, 0.2) is 0 Å². The summed E-state index contributed by atoms with van der Waals surface area (Å²) in [5, 5.41) is 18.0. The monoisotopic (exact) mass is 241 g/mol. The molecule has 2 unspecified atom stereocenters. The first-order valence-corrected chi connectivity index (χ1v) is 6.05. The number of carbonyl (C=O) groups excluding carboxylic acids is 1. The van der Waals surface area contributed by atoms with Crippen LogP contribution in [0.3, 0.4) is 0 Å². The van der Waals surface area contributed by atoms with E-state index in [4.69, 9.17) is 10.2 Å². The molecule has 96 valence electrons. The van der Waals surface area contributed by atoms with E-state index in [-0.39, 0.29) is 18.6 Å². The standard InChI is InChI=1S/C12H19NO4/c1-12(2)8(9(12)11(16)17)10(15)13(5-6-14)7-3-4-7/h7-9,14H,3-6H2,1-2H3,(H,16,17). The third-order valence-electron chi connectivity index (χ3n) is 3.97. The number of carboxylic acids is 1. The second-order valence-electron chi connectivity index (χ2n) is 5.60. The van der Waals surface area contributed by atoms with E-state index in [1.165, 1.54) is 0 Å². The Morgan fingerprint density at radius 3 is 2.24 bits per heavy atom. The lowest BCUT2D eigenvalue weighted by atomic mass is 10.1. The zero-order chi connectivity index (χ0) is 12.8. The number of amides is 1. The number of hydrogen-bond donors (Lipinski definition) is 2. The highest BCUT2D eigenvalue weighted by Crippen LogP contribution is 2.59. The molecule has 2 rings (SSSR count). The van der Waals surface area contributed by atoms with Crippen LogP contribution in [0.5, 0.6) is 0 Å². The predicted octanol–water partition coefficient (Wildman–Crippen LogP) is 0.327. The van der Waals surface area contributed by atoms with E-state index in [0.717, 1.165) is 12.8 Å². The number of nitrogens with zero attached hydrogens (tertiary/aromatic N) is 1. The molecule has 2 atom stereocenters. The van der Waals surface area contributed by atoms with Crippen LogP contribution in [0.25, 0.3) is 0 Å². The first-order valence-electron chi connectivity index (χ1n) is 6.05. The normalized spacial score (nSPS) is 29.8. The lowest BCUT2D eigenvalue weighted by Crippen LogP contribution is -2.37.